The predicted molar refractivity (Wildman–Crippen MR) is 107 cm³/mol. The highest BCUT2D eigenvalue weighted by atomic mass is 16.6. The number of hydrogen-bond acceptors (Lipinski definition) is 8. The van der Waals surface area contributed by atoms with Gasteiger partial charge in [0, 0.05) is 17.3 Å². The Bertz CT molecular complexity index is 1330. The van der Waals surface area contributed by atoms with Gasteiger partial charge in [-0.3, -0.25) is 24.7 Å². The van der Waals surface area contributed by atoms with E-state index in [0.717, 1.165) is 6.07 Å². The Hall–Kier alpha value is -4.48. The van der Waals surface area contributed by atoms with Crippen molar-refractivity contribution in [1.82, 2.24) is 19.7 Å². The summed E-state index contributed by atoms with van der Waals surface area (Å²) in [6, 6.07) is 7.12. The van der Waals surface area contributed by atoms with Gasteiger partial charge in [0.15, 0.2) is 11.5 Å². The molecule has 0 spiro atoms. The number of carbonyl (C=O) groups excluding carboxylic acids is 1. The molecule has 0 atom stereocenters. The van der Waals surface area contributed by atoms with Crippen LogP contribution >= 0.6 is 0 Å². The molecule has 0 aromatic carbocycles. The number of nitrogens with zero attached hydrogens (tertiary/aromatic N) is 4. The van der Waals surface area contributed by atoms with Crippen LogP contribution in [0.15, 0.2) is 50.2 Å². The Kier molecular flexibility index (Phi) is 4.95. The molecule has 0 saturated heterocycles. The van der Waals surface area contributed by atoms with Crippen LogP contribution in [0.4, 0.5) is 11.7 Å². The number of H-pyrrole nitrogens is 1. The Morgan fingerprint density at radius 2 is 2.16 bits per heavy atom. The summed E-state index contributed by atoms with van der Waals surface area (Å²) in [7, 11) is 0. The van der Waals surface area contributed by atoms with E-state index in [9.17, 15) is 19.7 Å². The first-order valence-electron chi connectivity index (χ1n) is 9.17. The molecule has 0 radical (unpaired) electrons. The first kappa shape index (κ1) is 19.8. The molecule has 4 aromatic rings. The number of aryl methyl sites for hydroxylation is 1. The van der Waals surface area contributed by atoms with E-state index in [1.807, 2.05) is 6.92 Å². The summed E-state index contributed by atoms with van der Waals surface area (Å²) in [5.41, 5.74) is 1.11. The second-order valence-corrected chi connectivity index (χ2v) is 6.46. The van der Waals surface area contributed by atoms with Crippen LogP contribution in [0, 0.1) is 17.0 Å². The number of aromatic nitrogens is 4. The van der Waals surface area contributed by atoms with Crippen LogP contribution in [0.25, 0.3) is 17.4 Å². The molecule has 2 N–H and O–H groups in total. The van der Waals surface area contributed by atoms with Gasteiger partial charge in [0.2, 0.25) is 5.95 Å². The van der Waals surface area contributed by atoms with E-state index in [0.29, 0.717) is 29.1 Å². The van der Waals surface area contributed by atoms with E-state index in [2.05, 4.69) is 20.4 Å². The molecule has 12 nitrogen and oxygen atoms in total. The lowest BCUT2D eigenvalue weighted by Gasteiger charge is -2.09. The number of nitro groups is 1. The van der Waals surface area contributed by atoms with Crippen molar-refractivity contribution in [3.05, 3.63) is 74.1 Å². The minimum absolute atomic E-state index is 0.0817. The van der Waals surface area contributed by atoms with Gasteiger partial charge in [-0.15, -0.1) is 0 Å². The van der Waals surface area contributed by atoms with Crippen molar-refractivity contribution < 1.29 is 18.6 Å². The first-order chi connectivity index (χ1) is 14.9. The molecule has 4 heterocycles. The summed E-state index contributed by atoms with van der Waals surface area (Å²) in [4.78, 5) is 42.1. The summed E-state index contributed by atoms with van der Waals surface area (Å²) in [6.45, 7) is 3.55. The molecule has 0 fully saturated rings. The van der Waals surface area contributed by atoms with Crippen LogP contribution in [0.5, 0.6) is 0 Å². The van der Waals surface area contributed by atoms with E-state index in [4.69, 9.17) is 8.83 Å². The average Bonchev–Trinajstić information content (AvgIpc) is 3.47. The molecule has 0 saturated carbocycles. The summed E-state index contributed by atoms with van der Waals surface area (Å²) in [5, 5.41) is 17.7. The molecule has 4 aromatic heterocycles. The van der Waals surface area contributed by atoms with E-state index in [1.54, 1.807) is 19.1 Å². The van der Waals surface area contributed by atoms with Crippen molar-refractivity contribution in [3.8, 4) is 17.4 Å². The lowest BCUT2D eigenvalue weighted by Crippen LogP contribution is -2.21. The molecule has 0 bridgehead atoms. The van der Waals surface area contributed by atoms with Gasteiger partial charge in [0.05, 0.1) is 12.3 Å². The Labute approximate surface area is 173 Å². The fourth-order valence-corrected chi connectivity index (χ4v) is 3.01. The highest BCUT2D eigenvalue weighted by molar-refractivity contribution is 6.02. The number of anilines is 1. The molecule has 1 amide bonds. The van der Waals surface area contributed by atoms with Gasteiger partial charge < -0.3 is 14.2 Å². The standard InChI is InChI=1S/C19H16N6O6/c1-3-11-10(2)20-19(22-17(11)26)24-15(9-12(23-24)13-5-4-8-30-13)21-18(27)14-6-7-16(31-14)25(28)29/h4-9H,3H2,1-2H3,(H,21,27)(H,20,22,26). The zero-order chi connectivity index (χ0) is 22.1. The molecule has 0 aliphatic carbocycles. The van der Waals surface area contributed by atoms with Crippen LogP contribution in [-0.2, 0) is 6.42 Å². The maximum atomic E-state index is 12.6. The molecule has 0 unspecified atom stereocenters. The van der Waals surface area contributed by atoms with Crippen molar-refractivity contribution in [2.24, 2.45) is 0 Å². The van der Waals surface area contributed by atoms with E-state index in [-0.39, 0.29) is 23.1 Å². The molecule has 4 rings (SSSR count). The zero-order valence-electron chi connectivity index (χ0n) is 16.4. The van der Waals surface area contributed by atoms with Crippen LogP contribution in [0.2, 0.25) is 0 Å². The van der Waals surface area contributed by atoms with Crippen LogP contribution < -0.4 is 10.9 Å². The maximum Gasteiger partial charge on any atom is 0.433 e. The maximum absolute atomic E-state index is 12.6. The summed E-state index contributed by atoms with van der Waals surface area (Å²) < 4.78 is 11.5. The molecule has 31 heavy (non-hydrogen) atoms. The third kappa shape index (κ3) is 3.73. The quantitative estimate of drug-likeness (QED) is 0.352. The van der Waals surface area contributed by atoms with Crippen LogP contribution in [0.1, 0.15) is 28.7 Å². The second-order valence-electron chi connectivity index (χ2n) is 6.46. The summed E-state index contributed by atoms with van der Waals surface area (Å²) >= 11 is 0. The minimum atomic E-state index is -0.747. The van der Waals surface area contributed by atoms with Crippen molar-refractivity contribution in [1.29, 1.82) is 0 Å². The van der Waals surface area contributed by atoms with Crippen molar-refractivity contribution in [2.75, 3.05) is 5.32 Å². The van der Waals surface area contributed by atoms with Gasteiger partial charge in [-0.2, -0.15) is 9.78 Å². The number of aromatic amines is 1. The van der Waals surface area contributed by atoms with Gasteiger partial charge >= 0.3 is 5.88 Å². The number of hydrogen-bond donors (Lipinski definition) is 2. The van der Waals surface area contributed by atoms with Gasteiger partial charge in [0.25, 0.3) is 11.5 Å². The van der Waals surface area contributed by atoms with Crippen molar-refractivity contribution >= 4 is 17.6 Å². The van der Waals surface area contributed by atoms with Crippen molar-refractivity contribution in [2.45, 2.75) is 20.3 Å². The third-order valence-electron chi connectivity index (χ3n) is 4.48. The monoisotopic (exact) mass is 424 g/mol. The van der Waals surface area contributed by atoms with E-state index in [1.165, 1.54) is 23.1 Å². The number of furan rings is 2. The summed E-state index contributed by atoms with van der Waals surface area (Å²) in [5.74, 6) is -0.929. The number of amides is 1. The smallest absolute Gasteiger partial charge is 0.433 e. The molecule has 0 aliphatic rings. The molecular weight excluding hydrogens is 408 g/mol. The van der Waals surface area contributed by atoms with Gasteiger partial charge in [-0.25, -0.2) is 4.98 Å². The Morgan fingerprint density at radius 3 is 2.77 bits per heavy atom. The van der Waals surface area contributed by atoms with Gasteiger partial charge in [0.1, 0.15) is 16.4 Å². The van der Waals surface area contributed by atoms with E-state index >= 15 is 0 Å². The highest BCUT2D eigenvalue weighted by Gasteiger charge is 2.21. The topological polar surface area (TPSA) is 162 Å². The fraction of sp³-hybridized carbons (Fsp3) is 0.158. The average molecular weight is 424 g/mol. The molecular formula is C19H16N6O6. The first-order valence-corrected chi connectivity index (χ1v) is 9.17. The normalized spacial score (nSPS) is 10.9. The van der Waals surface area contributed by atoms with Gasteiger partial charge in [-0.05, 0) is 31.5 Å². The zero-order valence-corrected chi connectivity index (χ0v) is 16.4. The predicted octanol–water partition coefficient (Wildman–Crippen LogP) is 2.84. The minimum Gasteiger partial charge on any atom is -0.463 e. The van der Waals surface area contributed by atoms with Crippen LogP contribution in [-0.4, -0.2) is 30.6 Å². The van der Waals surface area contributed by atoms with E-state index < -0.39 is 16.7 Å². The largest absolute Gasteiger partial charge is 0.463 e. The fourth-order valence-electron chi connectivity index (χ4n) is 3.01. The highest BCUT2D eigenvalue weighted by Crippen LogP contribution is 2.25. The van der Waals surface area contributed by atoms with Crippen LogP contribution in [0.3, 0.4) is 0 Å². The second kappa shape index (κ2) is 7.74. The molecule has 12 heteroatoms. The lowest BCUT2D eigenvalue weighted by atomic mass is 10.2. The Morgan fingerprint density at radius 1 is 1.35 bits per heavy atom. The number of nitrogens with one attached hydrogen (secondary N) is 2. The third-order valence-corrected chi connectivity index (χ3v) is 4.48. The SMILES string of the molecule is CCc1c(C)nc(-n2nc(-c3ccco3)cc2NC(=O)c2ccc([N+](=O)[O-])o2)[nH]c1=O. The number of carbonyl (C=O) groups is 1. The lowest BCUT2D eigenvalue weighted by molar-refractivity contribution is -0.402. The molecule has 158 valence electrons. The molecule has 0 aliphatic heterocycles. The van der Waals surface area contributed by atoms with Crippen molar-refractivity contribution in [3.63, 3.8) is 0 Å². The number of rotatable bonds is 6. The summed E-state index contributed by atoms with van der Waals surface area (Å²) in [6.07, 6.45) is 1.97. The Balaban J connectivity index is 1.77. The van der Waals surface area contributed by atoms with Gasteiger partial charge in [-0.1, -0.05) is 6.92 Å².